The second-order valence-corrected chi connectivity index (χ2v) is 13.1. The lowest BCUT2D eigenvalue weighted by Gasteiger charge is -2.33. The summed E-state index contributed by atoms with van der Waals surface area (Å²) in [6.45, 7) is 0.911. The minimum Gasteiger partial charge on any atom is -0.461 e. The first-order chi connectivity index (χ1) is 21.6. The van der Waals surface area contributed by atoms with Gasteiger partial charge in [-0.2, -0.15) is 0 Å². The number of likely N-dealkylation sites (tertiary alicyclic amines) is 1. The third kappa shape index (κ3) is 9.47. The summed E-state index contributed by atoms with van der Waals surface area (Å²) in [5.41, 5.74) is 13.4. The van der Waals surface area contributed by atoms with E-state index < -0.39 is 21.5 Å². The van der Waals surface area contributed by atoms with Gasteiger partial charge in [-0.15, -0.1) is 0 Å². The number of nitrogens with zero attached hydrogens (tertiary/aromatic N) is 1. The number of hydrogen-bond acceptors (Lipinski definition) is 8. The number of sulfone groups is 1. The van der Waals surface area contributed by atoms with Crippen molar-refractivity contribution in [2.75, 3.05) is 30.7 Å². The number of carbonyl (C=O) groups excluding carboxylic acids is 3. The van der Waals surface area contributed by atoms with Crippen LogP contribution in [0.2, 0.25) is 0 Å². The average Bonchev–Trinajstić information content (AvgIpc) is 3.04. The SMILES string of the molecule is N=C(N)c1cccc(C[C@H](CS(=O)(=O)c2cccc(NC(=O)CCN)c2)C(=O)N2CCC(C(=O)OCc3ccccc3)CC2)c1. The van der Waals surface area contributed by atoms with Gasteiger partial charge in [0.05, 0.1) is 22.5 Å². The lowest BCUT2D eigenvalue weighted by atomic mass is 9.94. The van der Waals surface area contributed by atoms with Gasteiger partial charge in [-0.25, -0.2) is 8.42 Å². The van der Waals surface area contributed by atoms with E-state index in [1.54, 1.807) is 35.2 Å². The third-order valence-corrected chi connectivity index (χ3v) is 9.52. The maximum Gasteiger partial charge on any atom is 0.309 e. The van der Waals surface area contributed by atoms with Crippen LogP contribution in [-0.2, 0) is 42.0 Å². The molecule has 45 heavy (non-hydrogen) atoms. The molecule has 4 rings (SSSR count). The maximum atomic E-state index is 13.9. The Morgan fingerprint density at radius 3 is 2.33 bits per heavy atom. The Bertz CT molecular complexity index is 1620. The van der Waals surface area contributed by atoms with Gasteiger partial charge in [0.2, 0.25) is 11.8 Å². The molecule has 3 aromatic rings. The summed E-state index contributed by atoms with van der Waals surface area (Å²) < 4.78 is 32.8. The van der Waals surface area contributed by atoms with E-state index in [1.807, 2.05) is 30.3 Å². The van der Waals surface area contributed by atoms with Crippen LogP contribution < -0.4 is 16.8 Å². The van der Waals surface area contributed by atoms with Crippen molar-refractivity contribution in [3.8, 4) is 0 Å². The monoisotopic (exact) mass is 633 g/mol. The molecule has 3 aromatic carbocycles. The minimum absolute atomic E-state index is 0.0248. The number of anilines is 1. The van der Waals surface area contributed by atoms with E-state index in [0.29, 0.717) is 29.7 Å². The number of esters is 1. The molecular weight excluding hydrogens is 594 g/mol. The van der Waals surface area contributed by atoms with E-state index >= 15 is 0 Å². The average molecular weight is 634 g/mol. The number of nitrogens with one attached hydrogen (secondary N) is 2. The van der Waals surface area contributed by atoms with E-state index in [0.717, 1.165) is 5.56 Å². The van der Waals surface area contributed by atoms with Gasteiger partial charge >= 0.3 is 5.97 Å². The summed E-state index contributed by atoms with van der Waals surface area (Å²) in [6, 6.07) is 22.1. The zero-order valence-corrected chi connectivity index (χ0v) is 25.8. The summed E-state index contributed by atoms with van der Waals surface area (Å²) in [5, 5.41) is 10.4. The van der Waals surface area contributed by atoms with Gasteiger partial charge in [-0.1, -0.05) is 54.6 Å². The Balaban J connectivity index is 1.48. The van der Waals surface area contributed by atoms with Crippen LogP contribution in [0.5, 0.6) is 0 Å². The number of amides is 2. The molecule has 1 fully saturated rings. The predicted molar refractivity (Wildman–Crippen MR) is 171 cm³/mol. The quantitative estimate of drug-likeness (QED) is 0.126. The fourth-order valence-electron chi connectivity index (χ4n) is 5.29. The summed E-state index contributed by atoms with van der Waals surface area (Å²) in [7, 11) is -3.98. The van der Waals surface area contributed by atoms with Crippen LogP contribution in [0.4, 0.5) is 5.69 Å². The normalized spacial score (nSPS) is 14.4. The Morgan fingerprint density at radius 1 is 0.956 bits per heavy atom. The Kier molecular flexibility index (Phi) is 11.4. The fourth-order valence-corrected chi connectivity index (χ4v) is 6.87. The highest BCUT2D eigenvalue weighted by atomic mass is 32.2. The highest BCUT2D eigenvalue weighted by Gasteiger charge is 2.34. The first kappa shape index (κ1) is 33.3. The van der Waals surface area contributed by atoms with Gasteiger partial charge in [0, 0.05) is 37.3 Å². The zero-order valence-electron chi connectivity index (χ0n) is 25.0. The molecule has 0 aromatic heterocycles. The van der Waals surface area contributed by atoms with E-state index in [4.69, 9.17) is 21.6 Å². The number of nitrogens with two attached hydrogens (primary N) is 2. The van der Waals surface area contributed by atoms with Gasteiger partial charge in [0.25, 0.3) is 0 Å². The molecule has 1 atom stereocenters. The smallest absolute Gasteiger partial charge is 0.309 e. The largest absolute Gasteiger partial charge is 0.461 e. The zero-order chi connectivity index (χ0) is 32.4. The molecule has 0 bridgehead atoms. The van der Waals surface area contributed by atoms with Crippen LogP contribution in [0.15, 0.2) is 83.8 Å². The van der Waals surface area contributed by atoms with Gasteiger partial charge in [-0.05, 0) is 54.7 Å². The Hall–Kier alpha value is -4.55. The van der Waals surface area contributed by atoms with Crippen LogP contribution in [0, 0.1) is 17.2 Å². The number of nitrogen functional groups attached to an aromatic ring is 1. The second kappa shape index (κ2) is 15.4. The minimum atomic E-state index is -3.98. The molecule has 238 valence electrons. The van der Waals surface area contributed by atoms with Gasteiger partial charge in [0.15, 0.2) is 9.84 Å². The van der Waals surface area contributed by atoms with Crippen molar-refractivity contribution < 1.29 is 27.5 Å². The van der Waals surface area contributed by atoms with Gasteiger partial charge in [-0.3, -0.25) is 19.8 Å². The van der Waals surface area contributed by atoms with Crippen molar-refractivity contribution in [1.82, 2.24) is 4.90 Å². The number of rotatable bonds is 13. The van der Waals surface area contributed by atoms with Crippen molar-refractivity contribution in [3.63, 3.8) is 0 Å². The lowest BCUT2D eigenvalue weighted by Crippen LogP contribution is -2.45. The van der Waals surface area contributed by atoms with Gasteiger partial charge in [0.1, 0.15) is 12.4 Å². The maximum absolute atomic E-state index is 13.9. The van der Waals surface area contributed by atoms with Crippen LogP contribution in [0.3, 0.4) is 0 Å². The first-order valence-corrected chi connectivity index (χ1v) is 16.5. The number of benzene rings is 3. The number of piperidine rings is 1. The molecule has 1 heterocycles. The van der Waals surface area contributed by atoms with Crippen LogP contribution in [-0.4, -0.2) is 62.3 Å². The third-order valence-electron chi connectivity index (χ3n) is 7.70. The van der Waals surface area contributed by atoms with Crippen LogP contribution in [0.1, 0.15) is 36.0 Å². The summed E-state index contributed by atoms with van der Waals surface area (Å²) >= 11 is 0. The number of ether oxygens (including phenoxy) is 1. The standard InChI is InChI=1S/C33H39N5O6S/c34-15-12-30(39)37-28-10-5-11-29(20-28)45(42,43)22-27(19-24-8-4-9-26(18-24)31(35)36)32(40)38-16-13-25(14-17-38)33(41)44-21-23-6-2-1-3-7-23/h1-11,18,20,25,27H,12-17,19,21-22,34H2,(H3,35,36)(H,37,39)/t27-/m1/s1. The molecule has 1 saturated heterocycles. The van der Waals surface area contributed by atoms with E-state index in [2.05, 4.69) is 5.32 Å². The van der Waals surface area contributed by atoms with Crippen molar-refractivity contribution in [1.29, 1.82) is 5.41 Å². The van der Waals surface area contributed by atoms with E-state index in [-0.39, 0.29) is 73.5 Å². The predicted octanol–water partition coefficient (Wildman–Crippen LogP) is 2.87. The molecule has 0 radical (unpaired) electrons. The molecular formula is C33H39N5O6S. The number of carbonyl (C=O) groups is 3. The molecule has 0 aliphatic carbocycles. The van der Waals surface area contributed by atoms with Crippen molar-refractivity contribution in [2.45, 2.75) is 37.2 Å². The molecule has 11 nitrogen and oxygen atoms in total. The second-order valence-electron chi connectivity index (χ2n) is 11.1. The van der Waals surface area contributed by atoms with Crippen LogP contribution in [0.25, 0.3) is 0 Å². The highest BCUT2D eigenvalue weighted by molar-refractivity contribution is 7.91. The molecule has 0 spiro atoms. The highest BCUT2D eigenvalue weighted by Crippen LogP contribution is 2.26. The van der Waals surface area contributed by atoms with E-state index in [1.165, 1.54) is 18.2 Å². The summed E-state index contributed by atoms with van der Waals surface area (Å²) in [6.07, 6.45) is 1.01. The fraction of sp³-hybridized carbons (Fsp3) is 0.333. The molecule has 2 amide bonds. The molecule has 0 saturated carbocycles. The number of amidine groups is 1. The van der Waals surface area contributed by atoms with E-state index in [9.17, 15) is 22.8 Å². The first-order valence-electron chi connectivity index (χ1n) is 14.8. The van der Waals surface area contributed by atoms with Crippen LogP contribution >= 0.6 is 0 Å². The molecule has 1 aliphatic heterocycles. The number of hydrogen-bond donors (Lipinski definition) is 4. The van der Waals surface area contributed by atoms with Gasteiger partial charge < -0.3 is 26.4 Å². The van der Waals surface area contributed by atoms with Crippen molar-refractivity contribution >= 4 is 39.1 Å². The van der Waals surface area contributed by atoms with Crippen molar-refractivity contribution in [3.05, 3.63) is 95.6 Å². The summed E-state index contributed by atoms with van der Waals surface area (Å²) in [4.78, 5) is 40.2. The Morgan fingerprint density at radius 2 is 1.64 bits per heavy atom. The summed E-state index contributed by atoms with van der Waals surface area (Å²) in [5.74, 6) is -2.91. The topological polar surface area (TPSA) is 186 Å². The lowest BCUT2D eigenvalue weighted by molar-refractivity contribution is -0.153. The molecule has 6 N–H and O–H groups in total. The molecule has 12 heteroatoms. The molecule has 0 unspecified atom stereocenters. The molecule has 1 aliphatic rings. The Labute approximate surface area is 263 Å². The van der Waals surface area contributed by atoms with Crippen molar-refractivity contribution in [2.24, 2.45) is 23.3 Å².